The molecule has 1 aliphatic heterocycles. The summed E-state index contributed by atoms with van der Waals surface area (Å²) in [4.78, 5) is 38.4. The maximum absolute atomic E-state index is 13.3. The number of hydrogen-bond donors (Lipinski definition) is 1. The monoisotopic (exact) mass is 456 g/mol. The minimum atomic E-state index is -0.726. The van der Waals surface area contributed by atoms with E-state index in [0.29, 0.717) is 32.3 Å². The van der Waals surface area contributed by atoms with E-state index in [2.05, 4.69) is 5.32 Å². The van der Waals surface area contributed by atoms with Gasteiger partial charge in [-0.2, -0.15) is 0 Å². The van der Waals surface area contributed by atoms with Gasteiger partial charge >= 0.3 is 5.97 Å². The first-order chi connectivity index (χ1) is 15.9. The Morgan fingerprint density at radius 2 is 1.88 bits per heavy atom. The predicted octanol–water partition coefficient (Wildman–Crippen LogP) is 2.75. The van der Waals surface area contributed by atoms with Gasteiger partial charge in [0.15, 0.2) is 6.23 Å². The van der Waals surface area contributed by atoms with Crippen LogP contribution in [-0.4, -0.2) is 48.2 Å². The molecule has 8 heteroatoms. The highest BCUT2D eigenvalue weighted by Gasteiger charge is 2.34. The molecule has 3 atom stereocenters. The highest BCUT2D eigenvalue weighted by atomic mass is 19.1. The number of benzene rings is 2. The SMILES string of the molecule is CCOC(=O)[C@H](CCc1ccc(F)cc1)N[C@@H](C)C(=O)N1Cc2ccccc2C[C@H]1OC=O. The standard InChI is InChI=1S/C25H29FN2O5/c1-3-32-25(31)22(13-10-18-8-11-21(26)12-9-18)27-17(2)24(30)28-15-20-7-5-4-6-19(20)14-23(28)33-16-29/h4-9,11-12,16-17,22-23,27H,3,10,13-15H2,1-2H3/t17-,22-,23+/m0/s1. The molecule has 0 aliphatic carbocycles. The molecule has 33 heavy (non-hydrogen) atoms. The summed E-state index contributed by atoms with van der Waals surface area (Å²) in [5, 5.41) is 3.08. The van der Waals surface area contributed by atoms with E-state index in [1.165, 1.54) is 17.0 Å². The number of fused-ring (bicyclic) bond motifs is 1. The van der Waals surface area contributed by atoms with Crippen molar-refractivity contribution < 1.29 is 28.2 Å². The second-order valence-electron chi connectivity index (χ2n) is 7.98. The Labute approximate surface area is 192 Å². The van der Waals surface area contributed by atoms with Crippen LogP contribution < -0.4 is 5.32 Å². The molecule has 0 radical (unpaired) electrons. The lowest BCUT2D eigenvalue weighted by Gasteiger charge is -2.37. The van der Waals surface area contributed by atoms with Crippen molar-refractivity contribution >= 4 is 18.3 Å². The molecular weight excluding hydrogens is 427 g/mol. The van der Waals surface area contributed by atoms with Gasteiger partial charge in [-0.3, -0.25) is 19.7 Å². The average molecular weight is 457 g/mol. The summed E-state index contributed by atoms with van der Waals surface area (Å²) in [5.41, 5.74) is 2.89. The van der Waals surface area contributed by atoms with Gasteiger partial charge in [-0.05, 0) is 55.5 Å². The summed E-state index contributed by atoms with van der Waals surface area (Å²) in [6, 6.07) is 12.3. The molecule has 0 aromatic heterocycles. The Balaban J connectivity index is 1.70. The van der Waals surface area contributed by atoms with Crippen LogP contribution in [0.5, 0.6) is 0 Å². The largest absolute Gasteiger partial charge is 0.465 e. The molecule has 0 spiro atoms. The van der Waals surface area contributed by atoms with E-state index in [0.717, 1.165) is 16.7 Å². The summed E-state index contributed by atoms with van der Waals surface area (Å²) in [7, 11) is 0. The fourth-order valence-electron chi connectivity index (χ4n) is 4.00. The van der Waals surface area contributed by atoms with E-state index in [-0.39, 0.29) is 18.3 Å². The van der Waals surface area contributed by atoms with Crippen LogP contribution in [0, 0.1) is 5.82 Å². The van der Waals surface area contributed by atoms with E-state index in [9.17, 15) is 18.8 Å². The van der Waals surface area contributed by atoms with E-state index >= 15 is 0 Å². The number of aryl methyl sites for hydroxylation is 1. The van der Waals surface area contributed by atoms with Gasteiger partial charge in [0.2, 0.25) is 5.91 Å². The molecule has 1 aliphatic rings. The number of amides is 1. The molecule has 2 aromatic carbocycles. The van der Waals surface area contributed by atoms with Crippen LogP contribution >= 0.6 is 0 Å². The molecule has 7 nitrogen and oxygen atoms in total. The van der Waals surface area contributed by atoms with Crippen LogP contribution in [0.15, 0.2) is 48.5 Å². The number of esters is 1. The first-order valence-electron chi connectivity index (χ1n) is 11.1. The Kier molecular flexibility index (Phi) is 8.54. The van der Waals surface area contributed by atoms with Crippen molar-refractivity contribution in [3.05, 3.63) is 71.0 Å². The molecule has 1 N–H and O–H groups in total. The van der Waals surface area contributed by atoms with Gasteiger partial charge in [-0.25, -0.2) is 4.39 Å². The fraction of sp³-hybridized carbons (Fsp3) is 0.400. The van der Waals surface area contributed by atoms with Crippen molar-refractivity contribution in [3.63, 3.8) is 0 Å². The molecule has 2 aromatic rings. The van der Waals surface area contributed by atoms with Gasteiger partial charge in [0, 0.05) is 13.0 Å². The maximum Gasteiger partial charge on any atom is 0.323 e. The van der Waals surface area contributed by atoms with Crippen LogP contribution in [0.3, 0.4) is 0 Å². The van der Waals surface area contributed by atoms with Crippen LogP contribution in [0.4, 0.5) is 4.39 Å². The molecule has 1 amide bonds. The number of nitrogens with one attached hydrogen (secondary N) is 1. The number of hydrogen-bond acceptors (Lipinski definition) is 6. The highest BCUT2D eigenvalue weighted by molar-refractivity contribution is 5.83. The van der Waals surface area contributed by atoms with Crippen molar-refractivity contribution in [2.24, 2.45) is 0 Å². The van der Waals surface area contributed by atoms with Gasteiger partial charge in [0.25, 0.3) is 6.47 Å². The van der Waals surface area contributed by atoms with Crippen molar-refractivity contribution in [1.29, 1.82) is 0 Å². The Bertz CT molecular complexity index is 966. The van der Waals surface area contributed by atoms with Crippen LogP contribution in [0.25, 0.3) is 0 Å². The summed E-state index contributed by atoms with van der Waals surface area (Å²) in [6.45, 7) is 4.26. The first kappa shape index (κ1) is 24.4. The third-order valence-electron chi connectivity index (χ3n) is 5.72. The maximum atomic E-state index is 13.3. The molecule has 0 bridgehead atoms. The van der Waals surface area contributed by atoms with E-state index in [1.54, 1.807) is 26.0 Å². The van der Waals surface area contributed by atoms with Crippen LogP contribution in [-0.2, 0) is 43.2 Å². The van der Waals surface area contributed by atoms with E-state index in [4.69, 9.17) is 9.47 Å². The second kappa shape index (κ2) is 11.6. The number of nitrogens with zero attached hydrogens (tertiary/aromatic N) is 1. The molecule has 0 saturated carbocycles. The van der Waals surface area contributed by atoms with Crippen molar-refractivity contribution in [1.82, 2.24) is 10.2 Å². The number of rotatable bonds is 10. The summed E-state index contributed by atoms with van der Waals surface area (Å²) in [5.74, 6) is -1.07. The van der Waals surface area contributed by atoms with Gasteiger partial charge < -0.3 is 14.4 Å². The zero-order valence-corrected chi connectivity index (χ0v) is 18.8. The second-order valence-corrected chi connectivity index (χ2v) is 7.98. The molecule has 1 heterocycles. The lowest BCUT2D eigenvalue weighted by molar-refractivity contribution is -0.158. The molecule has 0 unspecified atom stereocenters. The number of carbonyl (C=O) groups is 3. The Hall–Kier alpha value is -3.26. The lowest BCUT2D eigenvalue weighted by Crippen LogP contribution is -2.55. The van der Waals surface area contributed by atoms with Crippen molar-refractivity contribution in [3.8, 4) is 0 Å². The van der Waals surface area contributed by atoms with Gasteiger partial charge in [0.05, 0.1) is 12.6 Å². The summed E-state index contributed by atoms with van der Waals surface area (Å²) >= 11 is 0. The minimum absolute atomic E-state index is 0.216. The van der Waals surface area contributed by atoms with E-state index in [1.807, 2.05) is 24.3 Å². The summed E-state index contributed by atoms with van der Waals surface area (Å²) in [6.07, 6.45) is 0.568. The summed E-state index contributed by atoms with van der Waals surface area (Å²) < 4.78 is 23.6. The third kappa shape index (κ3) is 6.38. The normalized spacial score (nSPS) is 16.9. The quantitative estimate of drug-likeness (QED) is 0.437. The molecule has 0 fully saturated rings. The molecular formula is C25H29FN2O5. The van der Waals surface area contributed by atoms with Gasteiger partial charge in [-0.15, -0.1) is 0 Å². The van der Waals surface area contributed by atoms with Gasteiger partial charge in [0.1, 0.15) is 11.9 Å². The molecule has 0 saturated heterocycles. The van der Waals surface area contributed by atoms with Crippen molar-refractivity contribution in [2.75, 3.05) is 6.61 Å². The average Bonchev–Trinajstić information content (AvgIpc) is 2.82. The predicted molar refractivity (Wildman–Crippen MR) is 119 cm³/mol. The zero-order chi connectivity index (χ0) is 23.8. The topological polar surface area (TPSA) is 84.9 Å². The highest BCUT2D eigenvalue weighted by Crippen LogP contribution is 2.24. The van der Waals surface area contributed by atoms with E-state index < -0.39 is 24.3 Å². The fourth-order valence-corrected chi connectivity index (χ4v) is 4.00. The van der Waals surface area contributed by atoms with Crippen LogP contribution in [0.1, 0.15) is 37.0 Å². The van der Waals surface area contributed by atoms with Crippen LogP contribution in [0.2, 0.25) is 0 Å². The molecule has 176 valence electrons. The lowest BCUT2D eigenvalue weighted by atomic mass is 9.98. The molecule has 3 rings (SSSR count). The third-order valence-corrected chi connectivity index (χ3v) is 5.72. The smallest absolute Gasteiger partial charge is 0.323 e. The number of carbonyl (C=O) groups excluding carboxylic acids is 3. The Morgan fingerprint density at radius 1 is 1.18 bits per heavy atom. The minimum Gasteiger partial charge on any atom is -0.465 e. The zero-order valence-electron chi connectivity index (χ0n) is 18.8. The van der Waals surface area contributed by atoms with Gasteiger partial charge in [-0.1, -0.05) is 36.4 Å². The first-order valence-corrected chi connectivity index (χ1v) is 11.1. The number of ether oxygens (including phenoxy) is 2. The van der Waals surface area contributed by atoms with Crippen molar-refractivity contribution in [2.45, 2.75) is 58.0 Å². The Morgan fingerprint density at radius 3 is 2.55 bits per heavy atom. The number of halogens is 1.